The molecule has 0 aliphatic heterocycles. The summed E-state index contributed by atoms with van der Waals surface area (Å²) >= 11 is 1.09. The van der Waals surface area contributed by atoms with Crippen LogP contribution in [0.5, 0.6) is 0 Å². The SMILES string of the molecule is O=C(NNc1ncnc(Sc2cccc3cccnc23)c1[N+](=O)[O-])c1ccco1. The number of furan rings is 1. The van der Waals surface area contributed by atoms with Gasteiger partial charge in [0.1, 0.15) is 6.33 Å². The number of aromatic nitrogens is 3. The minimum Gasteiger partial charge on any atom is -0.459 e. The van der Waals surface area contributed by atoms with Crippen LogP contribution < -0.4 is 10.9 Å². The molecule has 4 aromatic rings. The molecule has 0 aliphatic carbocycles. The van der Waals surface area contributed by atoms with Crippen LogP contribution in [0.3, 0.4) is 0 Å². The Labute approximate surface area is 167 Å². The molecular formula is C18H12N6O4S. The first-order valence-electron chi connectivity index (χ1n) is 8.24. The van der Waals surface area contributed by atoms with Crippen molar-refractivity contribution in [2.24, 2.45) is 0 Å². The van der Waals surface area contributed by atoms with Crippen molar-refractivity contribution in [2.75, 3.05) is 5.43 Å². The van der Waals surface area contributed by atoms with Gasteiger partial charge < -0.3 is 4.42 Å². The van der Waals surface area contributed by atoms with Crippen molar-refractivity contribution in [1.29, 1.82) is 0 Å². The lowest BCUT2D eigenvalue weighted by atomic mass is 10.2. The van der Waals surface area contributed by atoms with Crippen molar-refractivity contribution in [3.05, 3.63) is 77.1 Å². The molecule has 1 aromatic carbocycles. The lowest BCUT2D eigenvalue weighted by Crippen LogP contribution is -2.30. The number of nitrogens with zero attached hydrogens (tertiary/aromatic N) is 4. The number of rotatable bonds is 6. The van der Waals surface area contributed by atoms with Crippen LogP contribution in [0.25, 0.3) is 10.9 Å². The van der Waals surface area contributed by atoms with Crippen LogP contribution in [0, 0.1) is 10.1 Å². The first-order valence-corrected chi connectivity index (χ1v) is 9.06. The van der Waals surface area contributed by atoms with E-state index in [4.69, 9.17) is 4.42 Å². The third-order valence-corrected chi connectivity index (χ3v) is 4.85. The Morgan fingerprint density at radius 1 is 1.10 bits per heavy atom. The zero-order chi connectivity index (χ0) is 20.2. The quantitative estimate of drug-likeness (QED) is 0.279. The summed E-state index contributed by atoms with van der Waals surface area (Å²) in [6.45, 7) is 0. The summed E-state index contributed by atoms with van der Waals surface area (Å²) in [5.74, 6) is -0.707. The number of hydrogen-bond acceptors (Lipinski definition) is 9. The lowest BCUT2D eigenvalue weighted by Gasteiger charge is -2.09. The summed E-state index contributed by atoms with van der Waals surface area (Å²) in [5, 5.41) is 12.7. The maximum Gasteiger partial charge on any atom is 0.345 e. The highest BCUT2D eigenvalue weighted by Crippen LogP contribution is 2.38. The lowest BCUT2D eigenvalue weighted by molar-refractivity contribution is -0.387. The van der Waals surface area contributed by atoms with Crippen molar-refractivity contribution in [1.82, 2.24) is 20.4 Å². The van der Waals surface area contributed by atoms with Crippen LogP contribution in [-0.2, 0) is 0 Å². The highest BCUT2D eigenvalue weighted by Gasteiger charge is 2.25. The fraction of sp³-hybridized carbons (Fsp3) is 0. The maximum atomic E-state index is 12.0. The zero-order valence-corrected chi connectivity index (χ0v) is 15.4. The summed E-state index contributed by atoms with van der Waals surface area (Å²) in [5.41, 5.74) is 5.12. The number of amides is 1. The number of pyridine rings is 1. The van der Waals surface area contributed by atoms with Crippen molar-refractivity contribution in [3.8, 4) is 0 Å². The van der Waals surface area contributed by atoms with Gasteiger partial charge in [-0.3, -0.25) is 30.7 Å². The van der Waals surface area contributed by atoms with Gasteiger partial charge >= 0.3 is 11.6 Å². The molecule has 0 radical (unpaired) electrons. The maximum absolute atomic E-state index is 12.0. The van der Waals surface area contributed by atoms with Crippen LogP contribution >= 0.6 is 11.8 Å². The highest BCUT2D eigenvalue weighted by atomic mass is 32.2. The van der Waals surface area contributed by atoms with E-state index in [9.17, 15) is 14.9 Å². The van der Waals surface area contributed by atoms with Gasteiger partial charge in [-0.05, 0) is 24.3 Å². The molecule has 0 saturated carbocycles. The highest BCUT2D eigenvalue weighted by molar-refractivity contribution is 7.99. The number of nitrogens with one attached hydrogen (secondary N) is 2. The summed E-state index contributed by atoms with van der Waals surface area (Å²) in [7, 11) is 0. The first-order chi connectivity index (χ1) is 14.1. The van der Waals surface area contributed by atoms with Crippen LogP contribution in [-0.4, -0.2) is 25.8 Å². The molecule has 3 aromatic heterocycles. The number of carbonyl (C=O) groups excluding carboxylic acids is 1. The predicted molar refractivity (Wildman–Crippen MR) is 104 cm³/mol. The van der Waals surface area contributed by atoms with Gasteiger partial charge in [0.05, 0.1) is 16.7 Å². The fourth-order valence-electron chi connectivity index (χ4n) is 2.54. The summed E-state index contributed by atoms with van der Waals surface area (Å²) in [4.78, 5) is 36.1. The Morgan fingerprint density at radius 2 is 1.97 bits per heavy atom. The summed E-state index contributed by atoms with van der Waals surface area (Å²) in [6.07, 6.45) is 4.17. The van der Waals surface area contributed by atoms with E-state index in [0.717, 1.165) is 17.1 Å². The van der Waals surface area contributed by atoms with E-state index in [1.165, 1.54) is 18.7 Å². The average Bonchev–Trinajstić information content (AvgIpc) is 3.27. The second-order valence-corrected chi connectivity index (χ2v) is 6.65. The molecule has 144 valence electrons. The molecule has 2 N–H and O–H groups in total. The second kappa shape index (κ2) is 7.94. The van der Waals surface area contributed by atoms with E-state index in [2.05, 4.69) is 25.8 Å². The molecule has 0 bridgehead atoms. The molecule has 0 spiro atoms. The molecule has 0 fully saturated rings. The molecule has 0 atom stereocenters. The molecule has 0 unspecified atom stereocenters. The molecular weight excluding hydrogens is 396 g/mol. The molecule has 1 amide bonds. The van der Waals surface area contributed by atoms with Gasteiger partial charge in [-0.15, -0.1) is 0 Å². The van der Waals surface area contributed by atoms with E-state index in [-0.39, 0.29) is 22.3 Å². The minimum atomic E-state index is -0.609. The minimum absolute atomic E-state index is 0.0469. The summed E-state index contributed by atoms with van der Waals surface area (Å²) < 4.78 is 4.98. The third kappa shape index (κ3) is 3.84. The Balaban J connectivity index is 1.64. The van der Waals surface area contributed by atoms with Gasteiger partial charge in [-0.25, -0.2) is 9.97 Å². The van der Waals surface area contributed by atoms with Gasteiger partial charge in [-0.2, -0.15) is 0 Å². The standard InChI is InChI=1S/C18H12N6O4S/c25-17(12-6-3-9-28-12)23-22-16-15(24(26)27)18(21-10-20-16)29-13-7-1-4-11-5-2-8-19-14(11)13/h1-10H,(H,23,25)(H,20,21,22). The van der Waals surface area contributed by atoms with E-state index < -0.39 is 10.8 Å². The van der Waals surface area contributed by atoms with Crippen LogP contribution in [0.1, 0.15) is 10.6 Å². The van der Waals surface area contributed by atoms with Crippen molar-refractivity contribution in [3.63, 3.8) is 0 Å². The molecule has 3 heterocycles. The molecule has 0 aliphatic rings. The topological polar surface area (TPSA) is 136 Å². The number of para-hydroxylation sites is 1. The number of hydrogen-bond donors (Lipinski definition) is 2. The van der Waals surface area contributed by atoms with E-state index >= 15 is 0 Å². The van der Waals surface area contributed by atoms with Gasteiger partial charge in [0.15, 0.2) is 10.8 Å². The average molecular weight is 408 g/mol. The predicted octanol–water partition coefficient (Wildman–Crippen LogP) is 3.43. The molecule has 11 heteroatoms. The van der Waals surface area contributed by atoms with Crippen LogP contribution in [0.4, 0.5) is 11.5 Å². The molecule has 10 nitrogen and oxygen atoms in total. The van der Waals surface area contributed by atoms with Crippen LogP contribution in [0.15, 0.2) is 75.6 Å². The number of hydrazine groups is 1. The van der Waals surface area contributed by atoms with Gasteiger partial charge in [0.25, 0.3) is 0 Å². The molecule has 29 heavy (non-hydrogen) atoms. The first kappa shape index (κ1) is 18.4. The van der Waals surface area contributed by atoms with Gasteiger partial charge in [-0.1, -0.05) is 30.0 Å². The number of fused-ring (bicyclic) bond motifs is 1. The third-order valence-electron chi connectivity index (χ3n) is 3.81. The van der Waals surface area contributed by atoms with Crippen molar-refractivity contribution in [2.45, 2.75) is 9.92 Å². The van der Waals surface area contributed by atoms with Gasteiger partial charge in [0.2, 0.25) is 5.82 Å². The number of nitro groups is 1. The van der Waals surface area contributed by atoms with E-state index in [1.807, 2.05) is 24.3 Å². The largest absolute Gasteiger partial charge is 0.459 e. The number of anilines is 1. The van der Waals surface area contributed by atoms with Crippen LogP contribution in [0.2, 0.25) is 0 Å². The Hall–Kier alpha value is -3.99. The Bertz CT molecular complexity index is 1190. The van der Waals surface area contributed by atoms with E-state index in [0.29, 0.717) is 10.4 Å². The monoisotopic (exact) mass is 408 g/mol. The smallest absolute Gasteiger partial charge is 0.345 e. The molecule has 4 rings (SSSR count). The molecule has 0 saturated heterocycles. The second-order valence-electron chi connectivity index (χ2n) is 5.62. The van der Waals surface area contributed by atoms with E-state index in [1.54, 1.807) is 18.3 Å². The number of benzene rings is 1. The summed E-state index contributed by atoms with van der Waals surface area (Å²) in [6, 6.07) is 12.3. The van der Waals surface area contributed by atoms with Crippen molar-refractivity contribution < 1.29 is 14.1 Å². The zero-order valence-electron chi connectivity index (χ0n) is 14.6. The van der Waals surface area contributed by atoms with Gasteiger partial charge in [0, 0.05) is 16.5 Å². The van der Waals surface area contributed by atoms with Crippen molar-refractivity contribution >= 4 is 40.1 Å². The number of carbonyl (C=O) groups is 1. The normalized spacial score (nSPS) is 10.6. The fourth-order valence-corrected chi connectivity index (χ4v) is 3.53. The Kier molecular flexibility index (Phi) is 5.03. The Morgan fingerprint density at radius 3 is 2.76 bits per heavy atom.